The van der Waals surface area contributed by atoms with Gasteiger partial charge in [0.15, 0.2) is 20.3 Å². The van der Waals surface area contributed by atoms with E-state index in [1.807, 2.05) is 6.07 Å². The Bertz CT molecular complexity index is 1210. The van der Waals surface area contributed by atoms with Crippen LogP contribution in [0.4, 0.5) is 10.2 Å². The number of rotatable bonds is 6. The van der Waals surface area contributed by atoms with Crippen LogP contribution in [0.1, 0.15) is 42.8 Å². The van der Waals surface area contributed by atoms with Crippen molar-refractivity contribution in [1.29, 1.82) is 0 Å². The molecule has 188 valence electrons. The van der Waals surface area contributed by atoms with Crippen LogP contribution in [-0.2, 0) is 16.2 Å². The number of halogens is 1. The fourth-order valence-electron chi connectivity index (χ4n) is 4.14. The number of benzene rings is 1. The molecule has 1 aromatic carbocycles. The molecule has 0 bridgehead atoms. The summed E-state index contributed by atoms with van der Waals surface area (Å²) in [4.78, 5) is 21.4. The second kappa shape index (κ2) is 9.42. The summed E-state index contributed by atoms with van der Waals surface area (Å²) in [6, 6.07) is 8.87. The predicted octanol–water partition coefficient (Wildman–Crippen LogP) is 4.35. The maximum absolute atomic E-state index is 16.0. The van der Waals surface area contributed by atoms with Crippen molar-refractivity contribution in [2.75, 3.05) is 11.9 Å². The normalized spacial score (nSPS) is 23.1. The first-order valence-corrected chi connectivity index (χ1v) is 14.7. The van der Waals surface area contributed by atoms with Crippen molar-refractivity contribution in [3.05, 3.63) is 54.0 Å². The minimum atomic E-state index is -2.26. The van der Waals surface area contributed by atoms with Gasteiger partial charge in [-0.15, -0.1) is 0 Å². The Kier molecular flexibility index (Phi) is 6.84. The number of ether oxygens (including phenoxy) is 1. The van der Waals surface area contributed by atoms with E-state index in [1.54, 1.807) is 42.1 Å². The number of aryl methyl sites for hydroxylation is 1. The standard InChI is InChI=1S/C25H34FN5O3Si/c1-25(2,3)35(5,6)34-22-17(12-27)33-21(18(22)26)16-13-31(4)20-19(16)28-14-29-23(20)30-24(32)15-10-8-7-9-11-15/h7-11,13-14,17-18,21-22H,12,27H2,1-6H3,(H,28,29,30,32)/t17-,18+,21+,22-/m1/s1. The SMILES string of the molecule is Cn1cc([C@@H]2O[C@H](CN)[C@@H](O[Si](C)(C)C(C)(C)C)[C@H]2F)c2ncnc(NC(=O)c3ccccc3)c21. The van der Waals surface area contributed by atoms with Crippen LogP contribution < -0.4 is 11.1 Å². The Morgan fingerprint density at radius 1 is 1.26 bits per heavy atom. The molecule has 0 unspecified atom stereocenters. The molecule has 1 aliphatic rings. The van der Waals surface area contributed by atoms with Gasteiger partial charge in [-0.3, -0.25) is 4.79 Å². The zero-order valence-electron chi connectivity index (χ0n) is 21.1. The maximum Gasteiger partial charge on any atom is 0.256 e. The highest BCUT2D eigenvalue weighted by Gasteiger charge is 2.51. The van der Waals surface area contributed by atoms with E-state index in [2.05, 4.69) is 49.1 Å². The van der Waals surface area contributed by atoms with Crippen LogP contribution in [0.25, 0.3) is 11.0 Å². The maximum atomic E-state index is 16.0. The van der Waals surface area contributed by atoms with E-state index < -0.39 is 32.8 Å². The van der Waals surface area contributed by atoms with Gasteiger partial charge in [0.2, 0.25) is 0 Å². The van der Waals surface area contributed by atoms with E-state index in [0.717, 1.165) is 0 Å². The minimum Gasteiger partial charge on any atom is -0.408 e. The first kappa shape index (κ1) is 25.4. The monoisotopic (exact) mass is 499 g/mol. The van der Waals surface area contributed by atoms with Crippen LogP contribution in [0.2, 0.25) is 18.1 Å². The van der Waals surface area contributed by atoms with Crippen LogP contribution in [0, 0.1) is 0 Å². The predicted molar refractivity (Wildman–Crippen MR) is 137 cm³/mol. The Hall–Kier alpha value is -2.66. The van der Waals surface area contributed by atoms with E-state index in [1.165, 1.54) is 6.33 Å². The van der Waals surface area contributed by atoms with Crippen LogP contribution in [-0.4, -0.2) is 53.7 Å². The highest BCUT2D eigenvalue weighted by Crippen LogP contribution is 2.44. The molecule has 0 radical (unpaired) electrons. The third kappa shape index (κ3) is 4.75. The summed E-state index contributed by atoms with van der Waals surface area (Å²) in [7, 11) is -0.457. The topological polar surface area (TPSA) is 104 Å². The molecule has 3 heterocycles. The van der Waals surface area contributed by atoms with E-state index in [-0.39, 0.29) is 17.5 Å². The van der Waals surface area contributed by atoms with Crippen molar-refractivity contribution in [2.45, 2.75) is 63.4 Å². The van der Waals surface area contributed by atoms with E-state index in [9.17, 15) is 4.79 Å². The number of carbonyl (C=O) groups is 1. The highest BCUT2D eigenvalue weighted by molar-refractivity contribution is 6.74. The number of carbonyl (C=O) groups excluding carboxylic acids is 1. The fraction of sp³-hybridized carbons (Fsp3) is 0.480. The van der Waals surface area contributed by atoms with Crippen molar-refractivity contribution < 1.29 is 18.3 Å². The molecule has 4 atom stereocenters. The summed E-state index contributed by atoms with van der Waals surface area (Å²) in [5.74, 6) is 0.0512. The van der Waals surface area contributed by atoms with Gasteiger partial charge < -0.3 is 24.8 Å². The number of amides is 1. The van der Waals surface area contributed by atoms with Crippen molar-refractivity contribution in [3.63, 3.8) is 0 Å². The lowest BCUT2D eigenvalue weighted by Crippen LogP contribution is -2.49. The Morgan fingerprint density at radius 2 is 1.94 bits per heavy atom. The van der Waals surface area contributed by atoms with Gasteiger partial charge in [-0.2, -0.15) is 0 Å². The third-order valence-electron chi connectivity index (χ3n) is 7.12. The molecule has 1 saturated heterocycles. The first-order chi connectivity index (χ1) is 16.4. The van der Waals surface area contributed by atoms with Gasteiger partial charge in [-0.1, -0.05) is 39.0 Å². The smallest absolute Gasteiger partial charge is 0.256 e. The minimum absolute atomic E-state index is 0.0809. The van der Waals surface area contributed by atoms with E-state index in [4.69, 9.17) is 14.9 Å². The van der Waals surface area contributed by atoms with Crippen molar-refractivity contribution in [1.82, 2.24) is 14.5 Å². The molecular formula is C25H34FN5O3Si. The Labute approximate surface area is 206 Å². The molecular weight excluding hydrogens is 465 g/mol. The lowest BCUT2D eigenvalue weighted by atomic mass is 10.0. The summed E-state index contributed by atoms with van der Waals surface area (Å²) < 4.78 is 30.3. The number of fused-ring (bicyclic) bond motifs is 1. The molecule has 8 nitrogen and oxygen atoms in total. The summed E-state index contributed by atoms with van der Waals surface area (Å²) in [6.07, 6.45) is -0.510. The molecule has 2 aromatic heterocycles. The number of anilines is 1. The van der Waals surface area contributed by atoms with Crippen molar-refractivity contribution >= 4 is 31.1 Å². The second-order valence-corrected chi connectivity index (χ2v) is 15.3. The lowest BCUT2D eigenvalue weighted by molar-refractivity contribution is 0.0181. The van der Waals surface area contributed by atoms with Gasteiger partial charge in [0.25, 0.3) is 5.91 Å². The Balaban J connectivity index is 1.66. The summed E-state index contributed by atoms with van der Waals surface area (Å²) in [6.45, 7) is 10.7. The average molecular weight is 500 g/mol. The zero-order valence-corrected chi connectivity index (χ0v) is 22.1. The van der Waals surface area contributed by atoms with Gasteiger partial charge in [-0.25, -0.2) is 14.4 Å². The van der Waals surface area contributed by atoms with Crippen LogP contribution in [0.3, 0.4) is 0 Å². The van der Waals surface area contributed by atoms with E-state index in [0.29, 0.717) is 28.0 Å². The van der Waals surface area contributed by atoms with Crippen LogP contribution >= 0.6 is 0 Å². The number of nitrogens with one attached hydrogen (secondary N) is 1. The number of nitrogens with zero attached hydrogens (tertiary/aromatic N) is 3. The number of alkyl halides is 1. The number of aromatic nitrogens is 3. The van der Waals surface area contributed by atoms with Gasteiger partial charge in [0.1, 0.15) is 24.1 Å². The number of hydrogen-bond donors (Lipinski definition) is 2. The number of nitrogens with two attached hydrogens (primary N) is 1. The zero-order chi connectivity index (χ0) is 25.5. The molecule has 0 saturated carbocycles. The fourth-order valence-corrected chi connectivity index (χ4v) is 5.45. The third-order valence-corrected chi connectivity index (χ3v) is 11.6. The molecule has 1 aliphatic heterocycles. The highest BCUT2D eigenvalue weighted by atomic mass is 28.4. The average Bonchev–Trinajstić information content (AvgIpc) is 3.30. The van der Waals surface area contributed by atoms with Gasteiger partial charge >= 0.3 is 0 Å². The van der Waals surface area contributed by atoms with E-state index >= 15 is 4.39 Å². The molecule has 4 rings (SSSR count). The molecule has 35 heavy (non-hydrogen) atoms. The molecule has 10 heteroatoms. The summed E-state index contributed by atoms with van der Waals surface area (Å²) >= 11 is 0. The van der Waals surface area contributed by atoms with Crippen molar-refractivity contribution in [3.8, 4) is 0 Å². The molecule has 0 aliphatic carbocycles. The quantitative estimate of drug-likeness (QED) is 0.489. The second-order valence-electron chi connectivity index (χ2n) is 10.6. The van der Waals surface area contributed by atoms with Gasteiger partial charge in [0, 0.05) is 30.9 Å². The largest absolute Gasteiger partial charge is 0.408 e. The van der Waals surface area contributed by atoms with Crippen LogP contribution in [0.15, 0.2) is 42.9 Å². The molecule has 0 spiro atoms. The summed E-state index contributed by atoms with van der Waals surface area (Å²) in [5, 5.41) is 2.77. The molecule has 1 amide bonds. The van der Waals surface area contributed by atoms with Crippen LogP contribution in [0.5, 0.6) is 0 Å². The van der Waals surface area contributed by atoms with Gasteiger partial charge in [-0.05, 0) is 30.3 Å². The lowest BCUT2D eigenvalue weighted by Gasteiger charge is -2.39. The molecule has 3 aromatic rings. The van der Waals surface area contributed by atoms with Gasteiger partial charge in [0.05, 0.1) is 11.6 Å². The van der Waals surface area contributed by atoms with Crippen molar-refractivity contribution in [2.24, 2.45) is 12.8 Å². The Morgan fingerprint density at radius 3 is 2.57 bits per heavy atom. The molecule has 1 fully saturated rings. The molecule has 3 N–H and O–H groups in total. The summed E-state index contributed by atoms with van der Waals surface area (Å²) in [5.41, 5.74) is 8.16. The first-order valence-electron chi connectivity index (χ1n) is 11.8. The number of hydrogen-bond acceptors (Lipinski definition) is 6.